The van der Waals surface area contributed by atoms with E-state index >= 15 is 0 Å². The van der Waals surface area contributed by atoms with E-state index < -0.39 is 22.5 Å². The van der Waals surface area contributed by atoms with E-state index in [2.05, 4.69) is 17.0 Å². The van der Waals surface area contributed by atoms with Crippen LogP contribution in [0, 0.1) is 13.8 Å². The van der Waals surface area contributed by atoms with Gasteiger partial charge in [-0.3, -0.25) is 14.5 Å². The summed E-state index contributed by atoms with van der Waals surface area (Å²) in [7, 11) is -4.09. The number of benzene rings is 2. The molecule has 1 fully saturated rings. The van der Waals surface area contributed by atoms with Gasteiger partial charge in [-0.05, 0) is 43.0 Å². The van der Waals surface area contributed by atoms with Gasteiger partial charge in [0.05, 0.1) is 0 Å². The fraction of sp³-hybridized carbons (Fsp3) is 0.360. The van der Waals surface area contributed by atoms with E-state index in [9.17, 15) is 18.0 Å². The molecule has 0 unspecified atom stereocenters. The zero-order valence-electron chi connectivity index (χ0n) is 19.2. The lowest BCUT2D eigenvalue weighted by Gasteiger charge is -2.35. The minimum Gasteiger partial charge on any atom is -0.339 e. The van der Waals surface area contributed by atoms with Crippen LogP contribution in [0.2, 0.25) is 0 Å². The molecule has 0 aromatic heterocycles. The molecule has 0 aliphatic carbocycles. The van der Waals surface area contributed by atoms with Crippen LogP contribution in [-0.4, -0.2) is 67.1 Å². The molecule has 0 saturated carbocycles. The second-order valence-corrected chi connectivity index (χ2v) is 10.5. The molecule has 2 aliphatic heterocycles. The Morgan fingerprint density at radius 2 is 1.58 bits per heavy atom. The number of piperazine rings is 1. The van der Waals surface area contributed by atoms with Crippen LogP contribution in [0.15, 0.2) is 54.1 Å². The fourth-order valence-corrected chi connectivity index (χ4v) is 6.08. The van der Waals surface area contributed by atoms with Crippen LogP contribution in [0.25, 0.3) is 4.91 Å². The summed E-state index contributed by atoms with van der Waals surface area (Å²) in [6.45, 7) is 8.11. The van der Waals surface area contributed by atoms with Gasteiger partial charge in [0.2, 0.25) is 5.91 Å². The summed E-state index contributed by atoms with van der Waals surface area (Å²) < 4.78 is 27.2. The van der Waals surface area contributed by atoms with Crippen molar-refractivity contribution in [2.45, 2.75) is 27.3 Å². The van der Waals surface area contributed by atoms with Crippen LogP contribution >= 0.6 is 0 Å². The van der Waals surface area contributed by atoms with Gasteiger partial charge >= 0.3 is 0 Å². The molecule has 1 saturated heterocycles. The minimum absolute atomic E-state index is 0.00363. The van der Waals surface area contributed by atoms with Gasteiger partial charge in [-0.15, -0.1) is 0 Å². The van der Waals surface area contributed by atoms with Crippen LogP contribution in [0.4, 0.5) is 0 Å². The van der Waals surface area contributed by atoms with Gasteiger partial charge in [-0.2, -0.15) is 0 Å². The molecule has 2 aromatic carbocycles. The van der Waals surface area contributed by atoms with Crippen molar-refractivity contribution in [1.82, 2.24) is 14.1 Å². The molecule has 174 valence electrons. The number of nitrogens with zero attached hydrogens (tertiary/aromatic N) is 3. The molecule has 0 atom stereocenters. The number of carbonyl (C=O) groups is 2. The largest absolute Gasteiger partial charge is 0.339 e. The fourth-order valence-electron chi connectivity index (χ4n) is 4.32. The maximum Gasteiger partial charge on any atom is 0.268 e. The van der Waals surface area contributed by atoms with Crippen molar-refractivity contribution < 1.29 is 18.0 Å². The van der Waals surface area contributed by atoms with Crippen LogP contribution in [-0.2, 0) is 26.2 Å². The number of aryl methyl sites for hydroxylation is 2. The summed E-state index contributed by atoms with van der Waals surface area (Å²) >= 11 is 0. The van der Waals surface area contributed by atoms with Crippen molar-refractivity contribution in [2.75, 3.05) is 32.7 Å². The molecular formula is C25H29N3O4S. The van der Waals surface area contributed by atoms with E-state index in [1.54, 1.807) is 17.0 Å². The Balaban J connectivity index is 1.42. The van der Waals surface area contributed by atoms with Gasteiger partial charge in [0.25, 0.3) is 15.9 Å². The van der Waals surface area contributed by atoms with Gasteiger partial charge in [0.15, 0.2) is 0 Å². The summed E-state index contributed by atoms with van der Waals surface area (Å²) in [5, 5.41) is 0. The summed E-state index contributed by atoms with van der Waals surface area (Å²) in [6, 6.07) is 15.5. The lowest BCUT2D eigenvalue weighted by Crippen LogP contribution is -2.51. The predicted octanol–water partition coefficient (Wildman–Crippen LogP) is 2.55. The van der Waals surface area contributed by atoms with E-state index in [-0.39, 0.29) is 16.4 Å². The second-order valence-electron chi connectivity index (χ2n) is 8.71. The summed E-state index contributed by atoms with van der Waals surface area (Å²) in [5.74, 6) is -0.972. The molecule has 4 rings (SSSR count). The molecule has 2 aromatic rings. The Morgan fingerprint density at radius 1 is 0.909 bits per heavy atom. The minimum atomic E-state index is -4.09. The first-order valence-electron chi connectivity index (χ1n) is 11.1. The monoisotopic (exact) mass is 467 g/mol. The number of hydrogen-bond acceptors (Lipinski definition) is 5. The maximum absolute atomic E-state index is 13.3. The van der Waals surface area contributed by atoms with Crippen molar-refractivity contribution in [1.29, 1.82) is 0 Å². The van der Waals surface area contributed by atoms with Crippen molar-refractivity contribution in [2.24, 2.45) is 0 Å². The molecule has 0 N–H and O–H groups in total. The summed E-state index contributed by atoms with van der Waals surface area (Å²) in [5.41, 5.74) is 3.83. The van der Waals surface area contributed by atoms with E-state index in [0.29, 0.717) is 31.7 Å². The lowest BCUT2D eigenvalue weighted by atomic mass is 10.0. The Morgan fingerprint density at radius 3 is 2.21 bits per heavy atom. The van der Waals surface area contributed by atoms with Crippen molar-refractivity contribution in [3.05, 3.63) is 76.4 Å². The lowest BCUT2D eigenvalue weighted by molar-refractivity contribution is -0.136. The molecule has 0 bridgehead atoms. The van der Waals surface area contributed by atoms with Gasteiger partial charge in [0, 0.05) is 38.3 Å². The number of hydrogen-bond donors (Lipinski definition) is 0. The second kappa shape index (κ2) is 9.11. The highest BCUT2D eigenvalue weighted by atomic mass is 32.2. The number of sulfonamides is 1. The molecule has 8 heteroatoms. The van der Waals surface area contributed by atoms with E-state index in [4.69, 9.17) is 0 Å². The molecular weight excluding hydrogens is 438 g/mol. The molecule has 0 radical (unpaired) electrons. The number of carbonyl (C=O) groups excluding carboxylic acids is 2. The third-order valence-electron chi connectivity index (χ3n) is 6.46. The molecule has 2 aliphatic rings. The van der Waals surface area contributed by atoms with Gasteiger partial charge in [0.1, 0.15) is 11.4 Å². The summed E-state index contributed by atoms with van der Waals surface area (Å²) in [4.78, 5) is 29.7. The summed E-state index contributed by atoms with van der Waals surface area (Å²) in [6.07, 6.45) is 0. The Bertz CT molecular complexity index is 1210. The first kappa shape index (κ1) is 23.2. The highest BCUT2D eigenvalue weighted by molar-refractivity contribution is 7.99. The molecule has 7 nitrogen and oxygen atoms in total. The SMILES string of the molecule is CC1=C(c2ccc(C)c(C)c2)S(=O)(=O)N(CC(=O)N2CCN(Cc3ccccc3)CC2)C1=O. The van der Waals surface area contributed by atoms with E-state index in [1.165, 1.54) is 12.5 Å². The number of amides is 2. The van der Waals surface area contributed by atoms with Crippen LogP contribution < -0.4 is 0 Å². The van der Waals surface area contributed by atoms with E-state index in [0.717, 1.165) is 22.0 Å². The Labute approximate surface area is 195 Å². The Kier molecular flexibility index (Phi) is 6.41. The highest BCUT2D eigenvalue weighted by Crippen LogP contribution is 2.36. The third kappa shape index (κ3) is 4.58. The van der Waals surface area contributed by atoms with Crippen LogP contribution in [0.3, 0.4) is 0 Å². The average Bonchev–Trinajstić information content (AvgIpc) is 2.96. The van der Waals surface area contributed by atoms with Crippen molar-refractivity contribution >= 4 is 26.7 Å². The smallest absolute Gasteiger partial charge is 0.268 e. The number of rotatable bonds is 5. The zero-order valence-corrected chi connectivity index (χ0v) is 20.1. The zero-order chi connectivity index (χ0) is 23.8. The Hall–Kier alpha value is -2.97. The van der Waals surface area contributed by atoms with Gasteiger partial charge in [-0.1, -0.05) is 48.5 Å². The molecule has 0 spiro atoms. The maximum atomic E-state index is 13.3. The standard InChI is InChI=1S/C25H29N3O4S/c1-18-9-10-22(15-19(18)2)24-20(3)25(30)28(33(24,31)32)17-23(29)27-13-11-26(12-14-27)16-21-7-5-4-6-8-21/h4-10,15H,11-14,16-17H2,1-3H3. The topological polar surface area (TPSA) is 78.0 Å². The normalized spacial score (nSPS) is 18.8. The van der Waals surface area contributed by atoms with E-state index in [1.807, 2.05) is 38.1 Å². The molecule has 2 heterocycles. The third-order valence-corrected chi connectivity index (χ3v) is 8.39. The first-order chi connectivity index (χ1) is 15.7. The van der Waals surface area contributed by atoms with Gasteiger partial charge in [-0.25, -0.2) is 12.7 Å². The first-order valence-corrected chi connectivity index (χ1v) is 12.5. The van der Waals surface area contributed by atoms with Crippen LogP contribution in [0.5, 0.6) is 0 Å². The quantitative estimate of drug-likeness (QED) is 0.675. The highest BCUT2D eigenvalue weighted by Gasteiger charge is 2.43. The molecule has 2 amide bonds. The average molecular weight is 468 g/mol. The van der Waals surface area contributed by atoms with Crippen molar-refractivity contribution in [3.8, 4) is 0 Å². The van der Waals surface area contributed by atoms with Crippen molar-refractivity contribution in [3.63, 3.8) is 0 Å². The molecule has 33 heavy (non-hydrogen) atoms. The van der Waals surface area contributed by atoms with Gasteiger partial charge < -0.3 is 4.90 Å². The van der Waals surface area contributed by atoms with Crippen LogP contribution in [0.1, 0.15) is 29.2 Å². The predicted molar refractivity (Wildman–Crippen MR) is 127 cm³/mol.